The Bertz CT molecular complexity index is 521. The molecule has 0 aliphatic heterocycles. The minimum atomic E-state index is -0.969. The molecule has 6 heteroatoms. The smallest absolute Gasteiger partial charge is 0.335 e. The van der Waals surface area contributed by atoms with Gasteiger partial charge in [0.2, 0.25) is 0 Å². The molecule has 0 fully saturated rings. The number of carboxylic acids is 1. The summed E-state index contributed by atoms with van der Waals surface area (Å²) in [6, 6.07) is 3.01. The van der Waals surface area contributed by atoms with Crippen molar-refractivity contribution in [3.05, 3.63) is 29.7 Å². The van der Waals surface area contributed by atoms with Crippen LogP contribution in [0.4, 0.5) is 0 Å². The van der Waals surface area contributed by atoms with E-state index in [4.69, 9.17) is 9.84 Å². The van der Waals surface area contributed by atoms with Gasteiger partial charge in [-0.2, -0.15) is 0 Å². The highest BCUT2D eigenvalue weighted by atomic mass is 16.5. The van der Waals surface area contributed by atoms with Crippen LogP contribution >= 0.6 is 0 Å². The number of rotatable bonds is 4. The van der Waals surface area contributed by atoms with Gasteiger partial charge in [0.25, 0.3) is 0 Å². The fraction of sp³-hybridized carbons (Fsp3) is 0.300. The average molecular weight is 221 g/mol. The van der Waals surface area contributed by atoms with E-state index in [1.54, 1.807) is 17.7 Å². The Morgan fingerprint density at radius 3 is 3.06 bits per heavy atom. The summed E-state index contributed by atoms with van der Waals surface area (Å²) in [6.45, 7) is 0.557. The van der Waals surface area contributed by atoms with Gasteiger partial charge in [0.05, 0.1) is 12.2 Å². The van der Waals surface area contributed by atoms with E-state index in [-0.39, 0.29) is 5.56 Å². The van der Waals surface area contributed by atoms with Crippen LogP contribution in [0.2, 0.25) is 0 Å². The highest BCUT2D eigenvalue weighted by Gasteiger charge is 2.08. The number of carbonyl (C=O) groups is 1. The topological polar surface area (TPSA) is 76.7 Å². The lowest BCUT2D eigenvalue weighted by Crippen LogP contribution is -2.02. The molecule has 0 saturated carbocycles. The van der Waals surface area contributed by atoms with Crippen LogP contribution in [-0.2, 0) is 11.2 Å². The van der Waals surface area contributed by atoms with Crippen LogP contribution in [0.25, 0.3) is 5.65 Å². The third-order valence-corrected chi connectivity index (χ3v) is 2.26. The van der Waals surface area contributed by atoms with Gasteiger partial charge in [-0.3, -0.25) is 4.40 Å². The molecule has 0 radical (unpaired) electrons. The van der Waals surface area contributed by atoms with E-state index in [9.17, 15) is 4.79 Å². The third-order valence-electron chi connectivity index (χ3n) is 2.26. The summed E-state index contributed by atoms with van der Waals surface area (Å²) < 4.78 is 6.71. The molecule has 16 heavy (non-hydrogen) atoms. The summed E-state index contributed by atoms with van der Waals surface area (Å²) in [5.41, 5.74) is 0.740. The van der Waals surface area contributed by atoms with Crippen molar-refractivity contribution in [2.45, 2.75) is 6.42 Å². The molecule has 2 aromatic rings. The predicted octanol–water partition coefficient (Wildman–Crippen LogP) is 0.616. The van der Waals surface area contributed by atoms with E-state index in [0.717, 1.165) is 5.82 Å². The van der Waals surface area contributed by atoms with Crippen LogP contribution in [0.3, 0.4) is 0 Å². The number of fused-ring (bicyclic) bond motifs is 1. The number of ether oxygens (including phenoxy) is 1. The van der Waals surface area contributed by atoms with E-state index in [1.807, 2.05) is 0 Å². The molecule has 0 aliphatic carbocycles. The number of carboxylic acid groups (broad SMARTS) is 1. The molecular formula is C10H11N3O3. The van der Waals surface area contributed by atoms with Gasteiger partial charge >= 0.3 is 5.97 Å². The van der Waals surface area contributed by atoms with E-state index >= 15 is 0 Å². The lowest BCUT2D eigenvalue weighted by molar-refractivity contribution is 0.0697. The van der Waals surface area contributed by atoms with Gasteiger partial charge in [-0.25, -0.2) is 4.79 Å². The Balaban J connectivity index is 2.38. The van der Waals surface area contributed by atoms with Crippen molar-refractivity contribution in [3.8, 4) is 0 Å². The van der Waals surface area contributed by atoms with Crippen LogP contribution in [-0.4, -0.2) is 39.4 Å². The zero-order valence-electron chi connectivity index (χ0n) is 8.75. The van der Waals surface area contributed by atoms with Crippen LogP contribution < -0.4 is 0 Å². The molecule has 0 bridgehead atoms. The first kappa shape index (κ1) is 10.6. The van der Waals surface area contributed by atoms with E-state index < -0.39 is 5.97 Å². The van der Waals surface area contributed by atoms with Crippen molar-refractivity contribution in [3.63, 3.8) is 0 Å². The molecule has 0 unspecified atom stereocenters. The van der Waals surface area contributed by atoms with Gasteiger partial charge in [-0.1, -0.05) is 0 Å². The quantitative estimate of drug-likeness (QED) is 0.818. The third kappa shape index (κ3) is 1.87. The predicted molar refractivity (Wildman–Crippen MR) is 55.5 cm³/mol. The number of pyridine rings is 1. The number of hydrogen-bond acceptors (Lipinski definition) is 4. The van der Waals surface area contributed by atoms with Gasteiger partial charge in [0.15, 0.2) is 5.65 Å². The lowest BCUT2D eigenvalue weighted by Gasteiger charge is -1.99. The van der Waals surface area contributed by atoms with Crippen LogP contribution in [0.1, 0.15) is 16.2 Å². The number of aromatic carboxylic acids is 1. The van der Waals surface area contributed by atoms with E-state index in [1.165, 1.54) is 12.1 Å². The Morgan fingerprint density at radius 2 is 2.38 bits per heavy atom. The van der Waals surface area contributed by atoms with Crippen molar-refractivity contribution in [2.75, 3.05) is 13.7 Å². The number of nitrogens with zero attached hydrogens (tertiary/aromatic N) is 3. The van der Waals surface area contributed by atoms with Crippen molar-refractivity contribution < 1.29 is 14.6 Å². The fourth-order valence-electron chi connectivity index (χ4n) is 1.44. The summed E-state index contributed by atoms with van der Waals surface area (Å²) in [4.78, 5) is 10.7. The first-order valence-corrected chi connectivity index (χ1v) is 4.78. The summed E-state index contributed by atoms with van der Waals surface area (Å²) in [5.74, 6) is -0.210. The SMILES string of the molecule is COCCc1nnc2cc(C(=O)O)ccn12. The van der Waals surface area contributed by atoms with Gasteiger partial charge in [-0.05, 0) is 12.1 Å². The maximum Gasteiger partial charge on any atom is 0.335 e. The Kier molecular flexibility index (Phi) is 2.82. The van der Waals surface area contributed by atoms with Crippen molar-refractivity contribution in [1.29, 1.82) is 0 Å². The zero-order chi connectivity index (χ0) is 11.5. The van der Waals surface area contributed by atoms with Gasteiger partial charge < -0.3 is 9.84 Å². The second-order valence-corrected chi connectivity index (χ2v) is 3.31. The Hall–Kier alpha value is -1.95. The van der Waals surface area contributed by atoms with Crippen molar-refractivity contribution in [1.82, 2.24) is 14.6 Å². The van der Waals surface area contributed by atoms with Crippen molar-refractivity contribution in [2.24, 2.45) is 0 Å². The minimum absolute atomic E-state index is 0.207. The molecule has 0 aromatic carbocycles. The standard InChI is InChI=1S/C10H11N3O3/c1-16-5-3-8-11-12-9-6-7(10(14)15)2-4-13(8)9/h2,4,6H,3,5H2,1H3,(H,14,15). The summed E-state index contributed by atoms with van der Waals surface area (Å²) in [7, 11) is 1.62. The second-order valence-electron chi connectivity index (χ2n) is 3.31. The summed E-state index contributed by atoms with van der Waals surface area (Å²) in [6.07, 6.45) is 2.30. The molecule has 0 saturated heterocycles. The molecule has 0 spiro atoms. The normalized spacial score (nSPS) is 10.8. The molecule has 2 aromatic heterocycles. The van der Waals surface area contributed by atoms with Crippen LogP contribution in [0.15, 0.2) is 18.3 Å². The minimum Gasteiger partial charge on any atom is -0.478 e. The van der Waals surface area contributed by atoms with Gasteiger partial charge in [-0.15, -0.1) is 10.2 Å². The Labute approximate surface area is 91.5 Å². The molecule has 0 amide bonds. The molecule has 0 atom stereocenters. The summed E-state index contributed by atoms with van der Waals surface area (Å²) >= 11 is 0. The van der Waals surface area contributed by atoms with Gasteiger partial charge in [0, 0.05) is 19.7 Å². The largest absolute Gasteiger partial charge is 0.478 e. The molecule has 2 rings (SSSR count). The second kappa shape index (κ2) is 4.28. The highest BCUT2D eigenvalue weighted by Crippen LogP contribution is 2.08. The van der Waals surface area contributed by atoms with E-state index in [0.29, 0.717) is 18.7 Å². The number of methoxy groups -OCH3 is 1. The van der Waals surface area contributed by atoms with E-state index in [2.05, 4.69) is 10.2 Å². The lowest BCUT2D eigenvalue weighted by atomic mass is 10.2. The highest BCUT2D eigenvalue weighted by molar-refractivity contribution is 5.88. The Morgan fingerprint density at radius 1 is 1.56 bits per heavy atom. The number of aromatic nitrogens is 3. The van der Waals surface area contributed by atoms with Crippen molar-refractivity contribution >= 4 is 11.6 Å². The molecular weight excluding hydrogens is 210 g/mol. The number of hydrogen-bond donors (Lipinski definition) is 1. The molecule has 0 aliphatic rings. The molecule has 84 valence electrons. The molecule has 1 N–H and O–H groups in total. The molecule has 6 nitrogen and oxygen atoms in total. The average Bonchev–Trinajstić information content (AvgIpc) is 2.68. The maximum atomic E-state index is 10.7. The first-order chi connectivity index (χ1) is 7.72. The summed E-state index contributed by atoms with van der Waals surface area (Å²) in [5, 5.41) is 16.7. The van der Waals surface area contributed by atoms with Gasteiger partial charge in [0.1, 0.15) is 5.82 Å². The zero-order valence-corrected chi connectivity index (χ0v) is 8.75. The van der Waals surface area contributed by atoms with Crippen LogP contribution in [0.5, 0.6) is 0 Å². The van der Waals surface area contributed by atoms with Crippen LogP contribution in [0, 0.1) is 0 Å². The molecule has 2 heterocycles. The monoisotopic (exact) mass is 221 g/mol. The fourth-order valence-corrected chi connectivity index (χ4v) is 1.44. The maximum absolute atomic E-state index is 10.7. The first-order valence-electron chi connectivity index (χ1n) is 4.78.